The van der Waals surface area contributed by atoms with Gasteiger partial charge in [0, 0.05) is 0 Å². The van der Waals surface area contributed by atoms with Crippen molar-refractivity contribution in [3.63, 3.8) is 0 Å². The molecular weight excluding hydrogens is 154 g/mol. The first-order chi connectivity index (χ1) is 5.77. The van der Waals surface area contributed by atoms with Crippen LogP contribution in [0.5, 0.6) is 0 Å². The summed E-state index contributed by atoms with van der Waals surface area (Å²) in [5.74, 6) is 1.46. The fraction of sp³-hybridized carbons (Fsp3) is 0.625. The van der Waals surface area contributed by atoms with E-state index in [0.29, 0.717) is 12.4 Å². The zero-order chi connectivity index (χ0) is 8.97. The van der Waals surface area contributed by atoms with Crippen molar-refractivity contribution in [1.29, 1.82) is 0 Å². The normalized spacial score (nSPS) is 13.2. The lowest BCUT2D eigenvalue weighted by molar-refractivity contribution is 0.409. The molecule has 1 rings (SSSR count). The predicted molar refractivity (Wildman–Crippen MR) is 46.5 cm³/mol. The average Bonchev–Trinajstić information content (AvgIpc) is 2.52. The van der Waals surface area contributed by atoms with Gasteiger partial charge in [-0.15, -0.1) is 0 Å². The number of hydrogen-bond acceptors (Lipinski definition) is 4. The highest BCUT2D eigenvalue weighted by Gasteiger charge is 2.09. The quantitative estimate of drug-likeness (QED) is 0.700. The smallest absolute Gasteiger partial charge is 0.211 e. The molecular formula is C8H15N3O. The number of nitrogens with two attached hydrogens (primary N) is 1. The van der Waals surface area contributed by atoms with E-state index in [9.17, 15) is 0 Å². The van der Waals surface area contributed by atoms with E-state index in [4.69, 9.17) is 10.2 Å². The van der Waals surface area contributed by atoms with Crippen LogP contribution in [0.4, 0.5) is 0 Å². The van der Waals surface area contributed by atoms with Crippen molar-refractivity contribution >= 4 is 0 Å². The Bertz CT molecular complexity index is 234. The van der Waals surface area contributed by atoms with Crippen molar-refractivity contribution < 1.29 is 4.42 Å². The van der Waals surface area contributed by atoms with Crippen LogP contribution >= 0.6 is 0 Å². The Morgan fingerprint density at radius 2 is 2.50 bits per heavy atom. The second-order valence-corrected chi connectivity index (χ2v) is 2.71. The number of hydrogen-bond donors (Lipinski definition) is 2. The number of rotatable bonds is 4. The van der Waals surface area contributed by atoms with Gasteiger partial charge in [0.25, 0.3) is 0 Å². The Morgan fingerprint density at radius 1 is 1.75 bits per heavy atom. The lowest BCUT2D eigenvalue weighted by atomic mass is 10.2. The van der Waals surface area contributed by atoms with Gasteiger partial charge in [0.05, 0.1) is 18.8 Å². The maximum Gasteiger partial charge on any atom is 0.211 e. The summed E-state index contributed by atoms with van der Waals surface area (Å²) in [6.45, 7) is 2.70. The summed E-state index contributed by atoms with van der Waals surface area (Å²) in [7, 11) is 1.86. The van der Waals surface area contributed by atoms with Crippen LogP contribution < -0.4 is 11.1 Å². The fourth-order valence-electron chi connectivity index (χ4n) is 0.925. The Kier molecular flexibility index (Phi) is 3.25. The third-order valence-corrected chi connectivity index (χ3v) is 1.68. The molecule has 0 saturated heterocycles. The van der Waals surface area contributed by atoms with Gasteiger partial charge < -0.3 is 15.5 Å². The first kappa shape index (κ1) is 9.22. The van der Waals surface area contributed by atoms with Crippen LogP contribution in [-0.2, 0) is 6.54 Å². The molecule has 0 amide bonds. The van der Waals surface area contributed by atoms with Crippen LogP contribution in [0, 0.1) is 0 Å². The summed E-state index contributed by atoms with van der Waals surface area (Å²) >= 11 is 0. The topological polar surface area (TPSA) is 64.1 Å². The molecule has 0 unspecified atom stereocenters. The SMILES string of the molecule is CC[C@H](N)c1ncc(CNC)o1. The van der Waals surface area contributed by atoms with Gasteiger partial charge in [-0.05, 0) is 13.5 Å². The molecule has 0 saturated carbocycles. The third-order valence-electron chi connectivity index (χ3n) is 1.68. The van der Waals surface area contributed by atoms with Gasteiger partial charge >= 0.3 is 0 Å². The molecule has 3 N–H and O–H groups in total. The van der Waals surface area contributed by atoms with E-state index in [1.165, 1.54) is 0 Å². The van der Waals surface area contributed by atoms with Crippen LogP contribution in [0.25, 0.3) is 0 Å². The molecule has 0 radical (unpaired) electrons. The standard InChI is InChI=1S/C8H15N3O/c1-3-7(9)8-11-5-6(12-8)4-10-2/h5,7,10H,3-4,9H2,1-2H3/t7-/m0/s1. The Labute approximate surface area is 72.2 Å². The van der Waals surface area contributed by atoms with E-state index in [0.717, 1.165) is 12.2 Å². The van der Waals surface area contributed by atoms with E-state index in [-0.39, 0.29) is 6.04 Å². The highest BCUT2D eigenvalue weighted by molar-refractivity contribution is 4.96. The minimum Gasteiger partial charge on any atom is -0.443 e. The van der Waals surface area contributed by atoms with E-state index < -0.39 is 0 Å². The second-order valence-electron chi connectivity index (χ2n) is 2.71. The van der Waals surface area contributed by atoms with Crippen molar-refractivity contribution in [2.45, 2.75) is 25.9 Å². The summed E-state index contributed by atoms with van der Waals surface area (Å²) < 4.78 is 5.38. The maximum absolute atomic E-state index is 5.73. The predicted octanol–water partition coefficient (Wildman–Crippen LogP) is 0.804. The van der Waals surface area contributed by atoms with Crippen LogP contribution in [0.3, 0.4) is 0 Å². The molecule has 4 heteroatoms. The van der Waals surface area contributed by atoms with Crippen LogP contribution in [0.15, 0.2) is 10.6 Å². The van der Waals surface area contributed by atoms with Gasteiger partial charge in [-0.3, -0.25) is 0 Å². The van der Waals surface area contributed by atoms with Crippen LogP contribution in [0.1, 0.15) is 31.0 Å². The molecule has 1 aromatic heterocycles. The van der Waals surface area contributed by atoms with Gasteiger partial charge in [0.15, 0.2) is 0 Å². The Hall–Kier alpha value is -0.870. The van der Waals surface area contributed by atoms with Gasteiger partial charge in [-0.2, -0.15) is 0 Å². The summed E-state index contributed by atoms with van der Waals surface area (Å²) in [4.78, 5) is 4.07. The average molecular weight is 169 g/mol. The first-order valence-corrected chi connectivity index (χ1v) is 4.12. The summed E-state index contributed by atoms with van der Waals surface area (Å²) in [5, 5.41) is 2.98. The summed E-state index contributed by atoms with van der Waals surface area (Å²) in [5.41, 5.74) is 5.73. The van der Waals surface area contributed by atoms with Gasteiger partial charge in [-0.25, -0.2) is 4.98 Å². The molecule has 12 heavy (non-hydrogen) atoms. The highest BCUT2D eigenvalue weighted by Crippen LogP contribution is 2.13. The van der Waals surface area contributed by atoms with Crippen molar-refractivity contribution in [3.8, 4) is 0 Å². The first-order valence-electron chi connectivity index (χ1n) is 4.12. The lowest BCUT2D eigenvalue weighted by Crippen LogP contribution is -2.08. The second kappa shape index (κ2) is 4.23. The van der Waals surface area contributed by atoms with Crippen molar-refractivity contribution in [2.24, 2.45) is 5.73 Å². The Morgan fingerprint density at radius 3 is 3.08 bits per heavy atom. The molecule has 0 aromatic carbocycles. The number of nitrogens with one attached hydrogen (secondary N) is 1. The minimum absolute atomic E-state index is 0.0735. The molecule has 0 aliphatic rings. The zero-order valence-corrected chi connectivity index (χ0v) is 7.50. The molecule has 68 valence electrons. The highest BCUT2D eigenvalue weighted by atomic mass is 16.4. The molecule has 1 atom stereocenters. The van der Waals surface area contributed by atoms with E-state index in [1.807, 2.05) is 14.0 Å². The summed E-state index contributed by atoms with van der Waals surface area (Å²) in [6.07, 6.45) is 2.56. The lowest BCUT2D eigenvalue weighted by Gasteiger charge is -2.01. The number of aromatic nitrogens is 1. The molecule has 0 aliphatic carbocycles. The van der Waals surface area contributed by atoms with E-state index in [2.05, 4.69) is 10.3 Å². The van der Waals surface area contributed by atoms with E-state index >= 15 is 0 Å². The molecule has 1 heterocycles. The molecule has 4 nitrogen and oxygen atoms in total. The monoisotopic (exact) mass is 169 g/mol. The van der Waals surface area contributed by atoms with Crippen molar-refractivity contribution in [3.05, 3.63) is 17.8 Å². The van der Waals surface area contributed by atoms with Gasteiger partial charge in [0.1, 0.15) is 5.76 Å². The number of oxazole rings is 1. The fourth-order valence-corrected chi connectivity index (χ4v) is 0.925. The van der Waals surface area contributed by atoms with Gasteiger partial charge in [0.2, 0.25) is 5.89 Å². The van der Waals surface area contributed by atoms with Crippen molar-refractivity contribution in [2.75, 3.05) is 7.05 Å². The molecule has 0 aliphatic heterocycles. The van der Waals surface area contributed by atoms with Crippen LogP contribution in [0.2, 0.25) is 0 Å². The van der Waals surface area contributed by atoms with Crippen molar-refractivity contribution in [1.82, 2.24) is 10.3 Å². The van der Waals surface area contributed by atoms with E-state index in [1.54, 1.807) is 6.20 Å². The largest absolute Gasteiger partial charge is 0.443 e. The third kappa shape index (κ3) is 2.06. The van der Waals surface area contributed by atoms with Gasteiger partial charge in [-0.1, -0.05) is 6.92 Å². The number of nitrogens with zero attached hydrogens (tertiary/aromatic N) is 1. The maximum atomic E-state index is 5.73. The minimum atomic E-state index is -0.0735. The summed E-state index contributed by atoms with van der Waals surface area (Å²) in [6, 6.07) is -0.0735. The molecule has 0 bridgehead atoms. The molecule has 0 fully saturated rings. The molecule has 0 spiro atoms. The van der Waals surface area contributed by atoms with Crippen LogP contribution in [-0.4, -0.2) is 12.0 Å². The zero-order valence-electron chi connectivity index (χ0n) is 7.50. The Balaban J connectivity index is 2.63. The molecule has 1 aromatic rings.